The number of ether oxygens (including phenoxy) is 1. The number of halogens is 2. The zero-order valence-corrected chi connectivity index (χ0v) is 14.7. The summed E-state index contributed by atoms with van der Waals surface area (Å²) in [5.41, 5.74) is 6.51. The lowest BCUT2D eigenvalue weighted by Crippen LogP contribution is -2.28. The van der Waals surface area contributed by atoms with E-state index >= 15 is 0 Å². The number of benzene rings is 2. The highest BCUT2D eigenvalue weighted by atomic mass is 19.1. The standard InChI is InChI=1S/C20H17F2N3O3/c21-12-4-1-11(2-5-12)3-6-15(23)13-9-17(14(22)10-16(13)24)25-20(27)18-7-8-19(26)28-18/h1-6,9-10,18,23H,7-8,24H2,(H,25,27)/b6-3+,23-15?. The molecule has 0 bridgehead atoms. The number of nitrogens with two attached hydrogens (primary N) is 1. The molecule has 1 heterocycles. The topological polar surface area (TPSA) is 105 Å². The van der Waals surface area contributed by atoms with Crippen LogP contribution < -0.4 is 11.1 Å². The normalized spacial score (nSPS) is 16.2. The van der Waals surface area contributed by atoms with Gasteiger partial charge in [-0.05, 0) is 35.9 Å². The number of allylic oxidation sites excluding steroid dienone is 1. The van der Waals surface area contributed by atoms with Crippen molar-refractivity contribution in [3.63, 3.8) is 0 Å². The van der Waals surface area contributed by atoms with Crippen LogP contribution in [-0.2, 0) is 14.3 Å². The highest BCUT2D eigenvalue weighted by Gasteiger charge is 2.30. The molecule has 0 saturated carbocycles. The van der Waals surface area contributed by atoms with Gasteiger partial charge in [0.25, 0.3) is 5.91 Å². The zero-order chi connectivity index (χ0) is 20.3. The summed E-state index contributed by atoms with van der Waals surface area (Å²) in [6, 6.07) is 7.92. The molecule has 1 unspecified atom stereocenters. The molecule has 8 heteroatoms. The van der Waals surface area contributed by atoms with Crippen LogP contribution in [-0.4, -0.2) is 23.7 Å². The second-order valence-electron chi connectivity index (χ2n) is 6.22. The molecule has 2 aromatic carbocycles. The van der Waals surface area contributed by atoms with Gasteiger partial charge in [-0.3, -0.25) is 9.59 Å². The molecule has 28 heavy (non-hydrogen) atoms. The van der Waals surface area contributed by atoms with E-state index in [9.17, 15) is 18.4 Å². The number of anilines is 2. The number of nitrogen functional groups attached to an aromatic ring is 1. The van der Waals surface area contributed by atoms with Gasteiger partial charge in [-0.1, -0.05) is 18.2 Å². The number of nitrogens with one attached hydrogen (secondary N) is 2. The highest BCUT2D eigenvalue weighted by Crippen LogP contribution is 2.25. The van der Waals surface area contributed by atoms with Crippen molar-refractivity contribution in [3.8, 4) is 0 Å². The van der Waals surface area contributed by atoms with E-state index in [4.69, 9.17) is 15.9 Å². The minimum atomic E-state index is -0.967. The second kappa shape index (κ2) is 7.99. The van der Waals surface area contributed by atoms with Crippen LogP contribution in [0.25, 0.3) is 6.08 Å². The summed E-state index contributed by atoms with van der Waals surface area (Å²) >= 11 is 0. The number of carbonyl (C=O) groups excluding carboxylic acids is 2. The van der Waals surface area contributed by atoms with Crippen LogP contribution in [0.4, 0.5) is 20.2 Å². The molecule has 6 nitrogen and oxygen atoms in total. The zero-order valence-electron chi connectivity index (χ0n) is 14.7. The Balaban J connectivity index is 1.78. The van der Waals surface area contributed by atoms with E-state index in [0.29, 0.717) is 5.56 Å². The number of esters is 1. The molecule has 3 rings (SSSR count). The Hall–Kier alpha value is -3.55. The van der Waals surface area contributed by atoms with Gasteiger partial charge in [0.1, 0.15) is 11.6 Å². The quantitative estimate of drug-likeness (QED) is 0.417. The summed E-state index contributed by atoms with van der Waals surface area (Å²) in [6.45, 7) is 0. The smallest absolute Gasteiger partial charge is 0.306 e. The summed E-state index contributed by atoms with van der Waals surface area (Å²) in [5.74, 6) is -2.27. The highest BCUT2D eigenvalue weighted by molar-refractivity contribution is 6.12. The molecule has 1 aliphatic heterocycles. The molecule has 0 aliphatic carbocycles. The van der Waals surface area contributed by atoms with Gasteiger partial charge in [-0.2, -0.15) is 0 Å². The first-order valence-electron chi connectivity index (χ1n) is 8.45. The number of hydrogen-bond acceptors (Lipinski definition) is 5. The third-order valence-electron chi connectivity index (χ3n) is 4.18. The van der Waals surface area contributed by atoms with Crippen molar-refractivity contribution in [3.05, 3.63) is 65.2 Å². The van der Waals surface area contributed by atoms with Crippen molar-refractivity contribution in [2.75, 3.05) is 11.1 Å². The van der Waals surface area contributed by atoms with Crippen molar-refractivity contribution < 1.29 is 23.1 Å². The molecule has 1 fully saturated rings. The SMILES string of the molecule is N=C(/C=C/c1ccc(F)cc1)c1cc(NC(=O)C2CCC(=O)O2)c(F)cc1N. The number of hydrogen-bond donors (Lipinski definition) is 3. The van der Waals surface area contributed by atoms with E-state index in [1.165, 1.54) is 24.3 Å². The number of cyclic esters (lactones) is 1. The third kappa shape index (κ3) is 4.40. The lowest BCUT2D eigenvalue weighted by Gasteiger charge is -2.13. The minimum absolute atomic E-state index is 0.0235. The molecule has 2 aromatic rings. The maximum Gasteiger partial charge on any atom is 0.306 e. The fourth-order valence-corrected chi connectivity index (χ4v) is 2.68. The van der Waals surface area contributed by atoms with Gasteiger partial charge < -0.3 is 21.2 Å². The Morgan fingerprint density at radius 3 is 2.61 bits per heavy atom. The first-order chi connectivity index (χ1) is 13.3. The Labute approximate surface area is 159 Å². The summed E-state index contributed by atoms with van der Waals surface area (Å²) < 4.78 is 32.0. The maximum atomic E-state index is 14.2. The predicted octanol–water partition coefficient (Wildman–Crippen LogP) is 3.27. The molecule has 1 aliphatic rings. The molecule has 0 aromatic heterocycles. The van der Waals surface area contributed by atoms with Gasteiger partial charge in [0.05, 0.1) is 11.4 Å². The van der Waals surface area contributed by atoms with Crippen molar-refractivity contribution in [1.82, 2.24) is 0 Å². The van der Waals surface area contributed by atoms with Crippen LogP contribution in [0.15, 0.2) is 42.5 Å². The molecule has 1 saturated heterocycles. The first kappa shape index (κ1) is 19.2. The van der Waals surface area contributed by atoms with Gasteiger partial charge in [0.15, 0.2) is 6.10 Å². The van der Waals surface area contributed by atoms with Crippen molar-refractivity contribution in [2.24, 2.45) is 0 Å². The molecule has 1 atom stereocenters. The van der Waals surface area contributed by atoms with Crippen molar-refractivity contribution >= 4 is 35.0 Å². The van der Waals surface area contributed by atoms with Gasteiger partial charge >= 0.3 is 5.97 Å². The number of rotatable bonds is 5. The fraction of sp³-hybridized carbons (Fsp3) is 0.150. The number of carbonyl (C=O) groups is 2. The summed E-state index contributed by atoms with van der Waals surface area (Å²) in [6.07, 6.45) is 2.41. The average molecular weight is 385 g/mol. The van der Waals surface area contributed by atoms with E-state index in [2.05, 4.69) is 5.32 Å². The van der Waals surface area contributed by atoms with E-state index < -0.39 is 23.8 Å². The van der Waals surface area contributed by atoms with Crippen molar-refractivity contribution in [1.29, 1.82) is 5.41 Å². The van der Waals surface area contributed by atoms with Crippen LogP contribution in [0.1, 0.15) is 24.0 Å². The maximum absolute atomic E-state index is 14.2. The van der Waals surface area contributed by atoms with Gasteiger partial charge in [-0.15, -0.1) is 0 Å². The number of amides is 1. The summed E-state index contributed by atoms with van der Waals surface area (Å²) in [4.78, 5) is 23.3. The lowest BCUT2D eigenvalue weighted by atomic mass is 10.0. The van der Waals surface area contributed by atoms with Gasteiger partial charge in [0.2, 0.25) is 0 Å². The molecule has 0 spiro atoms. The lowest BCUT2D eigenvalue weighted by molar-refractivity contribution is -0.146. The summed E-state index contributed by atoms with van der Waals surface area (Å²) in [7, 11) is 0. The van der Waals surface area contributed by atoms with Crippen molar-refractivity contribution in [2.45, 2.75) is 18.9 Å². The monoisotopic (exact) mass is 385 g/mol. The summed E-state index contributed by atoms with van der Waals surface area (Å²) in [5, 5.41) is 10.5. The Kier molecular flexibility index (Phi) is 5.49. The Bertz CT molecular complexity index is 971. The second-order valence-corrected chi connectivity index (χ2v) is 6.22. The van der Waals surface area contributed by atoms with Crippen LogP contribution in [0, 0.1) is 17.0 Å². The van der Waals surface area contributed by atoms with Crippen LogP contribution in [0.2, 0.25) is 0 Å². The molecule has 4 N–H and O–H groups in total. The fourth-order valence-electron chi connectivity index (χ4n) is 2.68. The largest absolute Gasteiger partial charge is 0.452 e. The van der Waals surface area contributed by atoms with Crippen LogP contribution in [0.5, 0.6) is 0 Å². The average Bonchev–Trinajstić information content (AvgIpc) is 3.09. The molecule has 1 amide bonds. The Morgan fingerprint density at radius 2 is 1.96 bits per heavy atom. The Morgan fingerprint density at radius 1 is 1.25 bits per heavy atom. The molecule has 144 valence electrons. The minimum Gasteiger partial charge on any atom is -0.452 e. The predicted molar refractivity (Wildman–Crippen MR) is 101 cm³/mol. The van der Waals surface area contributed by atoms with Gasteiger partial charge in [-0.25, -0.2) is 8.78 Å². The van der Waals surface area contributed by atoms with E-state index in [0.717, 1.165) is 6.07 Å². The van der Waals surface area contributed by atoms with Crippen LogP contribution in [0.3, 0.4) is 0 Å². The molecular weight excluding hydrogens is 368 g/mol. The van der Waals surface area contributed by atoms with Crippen LogP contribution >= 0.6 is 0 Å². The van der Waals surface area contributed by atoms with E-state index in [1.54, 1.807) is 18.2 Å². The van der Waals surface area contributed by atoms with E-state index in [1.807, 2.05) is 0 Å². The molecule has 0 radical (unpaired) electrons. The third-order valence-corrected chi connectivity index (χ3v) is 4.18. The van der Waals surface area contributed by atoms with Gasteiger partial charge in [0, 0.05) is 24.1 Å². The van der Waals surface area contributed by atoms with E-state index in [-0.39, 0.29) is 41.3 Å². The first-order valence-corrected chi connectivity index (χ1v) is 8.45. The molecular formula is C20H17F2N3O3.